The molecule has 4 rings (SSSR count). The van der Waals surface area contributed by atoms with E-state index < -0.39 is 24.2 Å². The highest BCUT2D eigenvalue weighted by Crippen LogP contribution is 2.37. The third-order valence-electron chi connectivity index (χ3n) is 5.53. The summed E-state index contributed by atoms with van der Waals surface area (Å²) >= 11 is 0. The standard InChI is InChI=1S/C22H23N5O3/c1-12-5-4-6-14(9-12)7-8-17-25-21(23-3)18-22(26-17)27(11-24-18)16-10-15(13(2)28)19(29)20(16)30/h4-6,9,11,15-16,19-20,29-30H,10H2,1-3H3,(H,23,25,26)/t15-,16-,19?,20+/m1/s1. The molecule has 0 saturated heterocycles. The maximum absolute atomic E-state index is 11.8. The summed E-state index contributed by atoms with van der Waals surface area (Å²) in [5, 5.41) is 23.8. The first-order valence-electron chi connectivity index (χ1n) is 9.76. The molecule has 1 aliphatic carbocycles. The van der Waals surface area contributed by atoms with Crippen molar-refractivity contribution in [1.82, 2.24) is 19.5 Å². The molecule has 0 bridgehead atoms. The summed E-state index contributed by atoms with van der Waals surface area (Å²) in [6.07, 6.45) is -0.338. The molecule has 1 fully saturated rings. The van der Waals surface area contributed by atoms with E-state index in [9.17, 15) is 15.0 Å². The summed E-state index contributed by atoms with van der Waals surface area (Å²) in [7, 11) is 1.73. The van der Waals surface area contributed by atoms with Crippen LogP contribution < -0.4 is 5.32 Å². The smallest absolute Gasteiger partial charge is 0.209 e. The number of benzene rings is 1. The molecule has 3 N–H and O–H groups in total. The molecule has 0 radical (unpaired) electrons. The Labute approximate surface area is 174 Å². The SMILES string of the molecule is CNc1nc(C#Cc2cccc(C)c2)nc2c1ncn2[C@@H]1C[C@H](C(C)=O)C(O)[C@H]1O. The molecular weight excluding hydrogens is 382 g/mol. The summed E-state index contributed by atoms with van der Waals surface area (Å²) in [5.74, 6) is 6.12. The van der Waals surface area contributed by atoms with Crippen LogP contribution in [0.1, 0.15) is 36.3 Å². The van der Waals surface area contributed by atoms with Gasteiger partial charge in [-0.15, -0.1) is 0 Å². The lowest BCUT2D eigenvalue weighted by atomic mass is 10.0. The molecule has 154 valence electrons. The van der Waals surface area contributed by atoms with Crippen LogP contribution in [0.4, 0.5) is 5.82 Å². The van der Waals surface area contributed by atoms with E-state index in [0.717, 1.165) is 11.1 Å². The van der Waals surface area contributed by atoms with Gasteiger partial charge >= 0.3 is 0 Å². The molecule has 0 aliphatic heterocycles. The largest absolute Gasteiger partial charge is 0.390 e. The number of rotatable bonds is 3. The van der Waals surface area contributed by atoms with Crippen LogP contribution in [-0.2, 0) is 4.79 Å². The van der Waals surface area contributed by atoms with Crippen LogP contribution in [-0.4, -0.2) is 54.8 Å². The lowest BCUT2D eigenvalue weighted by Crippen LogP contribution is -2.31. The number of carbonyl (C=O) groups is 1. The van der Waals surface area contributed by atoms with Crippen molar-refractivity contribution in [2.75, 3.05) is 12.4 Å². The monoisotopic (exact) mass is 405 g/mol. The fourth-order valence-corrected chi connectivity index (χ4v) is 3.93. The average molecular weight is 405 g/mol. The number of hydrogen-bond donors (Lipinski definition) is 3. The first kappa shape index (κ1) is 20.0. The Balaban J connectivity index is 1.77. The molecule has 8 heteroatoms. The lowest BCUT2D eigenvalue weighted by molar-refractivity contribution is -0.124. The van der Waals surface area contributed by atoms with Crippen LogP contribution in [0.2, 0.25) is 0 Å². The van der Waals surface area contributed by atoms with Crippen molar-refractivity contribution < 1.29 is 15.0 Å². The summed E-state index contributed by atoms with van der Waals surface area (Å²) in [5.41, 5.74) is 2.99. The van der Waals surface area contributed by atoms with E-state index in [4.69, 9.17) is 0 Å². The number of aliphatic hydroxyl groups excluding tert-OH is 2. The number of Topliss-reactive ketones (excluding diaryl/α,β-unsaturated/α-hetero) is 1. The van der Waals surface area contributed by atoms with Gasteiger partial charge in [0.25, 0.3) is 0 Å². The second kappa shape index (κ2) is 7.86. The first-order chi connectivity index (χ1) is 14.4. The highest BCUT2D eigenvalue weighted by Gasteiger charge is 2.45. The van der Waals surface area contributed by atoms with Gasteiger partial charge in [0.05, 0.1) is 18.5 Å². The van der Waals surface area contributed by atoms with Gasteiger partial charge < -0.3 is 20.1 Å². The normalized spacial score (nSPS) is 23.2. The minimum Gasteiger partial charge on any atom is -0.390 e. The van der Waals surface area contributed by atoms with Crippen molar-refractivity contribution in [3.05, 3.63) is 47.5 Å². The third-order valence-corrected chi connectivity index (χ3v) is 5.53. The minimum absolute atomic E-state index is 0.149. The summed E-state index contributed by atoms with van der Waals surface area (Å²) in [6, 6.07) is 7.32. The van der Waals surface area contributed by atoms with Gasteiger partial charge in [0.1, 0.15) is 11.9 Å². The molecule has 30 heavy (non-hydrogen) atoms. The second-order valence-corrected chi connectivity index (χ2v) is 7.59. The van der Waals surface area contributed by atoms with Crippen molar-refractivity contribution in [3.8, 4) is 11.8 Å². The Hall–Kier alpha value is -3.28. The topological polar surface area (TPSA) is 113 Å². The summed E-state index contributed by atoms with van der Waals surface area (Å²) in [6.45, 7) is 3.43. The lowest BCUT2D eigenvalue weighted by Gasteiger charge is -2.18. The van der Waals surface area contributed by atoms with Gasteiger partial charge in [-0.2, -0.15) is 0 Å². The van der Waals surface area contributed by atoms with E-state index >= 15 is 0 Å². The Morgan fingerprint density at radius 1 is 1.23 bits per heavy atom. The fourth-order valence-electron chi connectivity index (χ4n) is 3.93. The molecule has 2 aromatic heterocycles. The number of fused-ring (bicyclic) bond motifs is 1. The number of carbonyl (C=O) groups excluding carboxylic acids is 1. The highest BCUT2D eigenvalue weighted by molar-refractivity contribution is 5.84. The summed E-state index contributed by atoms with van der Waals surface area (Å²) < 4.78 is 1.70. The number of hydrogen-bond acceptors (Lipinski definition) is 7. The van der Waals surface area contributed by atoms with Gasteiger partial charge in [0.15, 0.2) is 17.0 Å². The maximum atomic E-state index is 11.8. The molecule has 1 aromatic carbocycles. The van der Waals surface area contributed by atoms with E-state index in [1.54, 1.807) is 17.9 Å². The number of ketones is 1. The van der Waals surface area contributed by atoms with Gasteiger partial charge in [-0.1, -0.05) is 18.1 Å². The molecule has 8 nitrogen and oxygen atoms in total. The molecule has 2 heterocycles. The molecule has 1 aliphatic rings. The highest BCUT2D eigenvalue weighted by atomic mass is 16.3. The Kier molecular flexibility index (Phi) is 5.24. The Morgan fingerprint density at radius 2 is 2.03 bits per heavy atom. The Morgan fingerprint density at radius 3 is 2.70 bits per heavy atom. The van der Waals surface area contributed by atoms with Crippen LogP contribution in [0.25, 0.3) is 11.2 Å². The van der Waals surface area contributed by atoms with Gasteiger partial charge in [0.2, 0.25) is 5.82 Å². The molecule has 0 amide bonds. The van der Waals surface area contributed by atoms with E-state index in [-0.39, 0.29) is 5.78 Å². The van der Waals surface area contributed by atoms with Crippen molar-refractivity contribution in [3.63, 3.8) is 0 Å². The Bertz CT molecular complexity index is 1180. The van der Waals surface area contributed by atoms with E-state index in [0.29, 0.717) is 29.2 Å². The zero-order chi connectivity index (χ0) is 21.4. The fraction of sp³-hybridized carbons (Fsp3) is 0.364. The van der Waals surface area contributed by atoms with Gasteiger partial charge in [0, 0.05) is 18.5 Å². The molecule has 4 atom stereocenters. The van der Waals surface area contributed by atoms with Crippen LogP contribution in [0.15, 0.2) is 30.6 Å². The number of nitrogens with zero attached hydrogens (tertiary/aromatic N) is 4. The zero-order valence-corrected chi connectivity index (χ0v) is 17.0. The number of imidazole rings is 1. The molecule has 0 spiro atoms. The third kappa shape index (κ3) is 3.54. The van der Waals surface area contributed by atoms with Crippen molar-refractivity contribution in [2.24, 2.45) is 5.92 Å². The van der Waals surface area contributed by atoms with E-state index in [1.165, 1.54) is 6.92 Å². The first-order valence-corrected chi connectivity index (χ1v) is 9.76. The number of aryl methyl sites for hydroxylation is 1. The van der Waals surface area contributed by atoms with Crippen molar-refractivity contribution in [2.45, 2.75) is 38.5 Å². The second-order valence-electron chi connectivity index (χ2n) is 7.59. The van der Waals surface area contributed by atoms with Crippen LogP contribution in [0.3, 0.4) is 0 Å². The quantitative estimate of drug-likeness (QED) is 0.565. The molecule has 1 saturated carbocycles. The zero-order valence-electron chi connectivity index (χ0n) is 17.0. The van der Waals surface area contributed by atoms with Crippen molar-refractivity contribution in [1.29, 1.82) is 0 Å². The predicted octanol–water partition coefficient (Wildman–Crippen LogP) is 1.45. The van der Waals surface area contributed by atoms with Crippen LogP contribution >= 0.6 is 0 Å². The molecular formula is C22H23N5O3. The van der Waals surface area contributed by atoms with Gasteiger partial charge in [-0.05, 0) is 43.9 Å². The molecule has 1 unspecified atom stereocenters. The summed E-state index contributed by atoms with van der Waals surface area (Å²) in [4.78, 5) is 25.2. The van der Waals surface area contributed by atoms with Crippen molar-refractivity contribution >= 4 is 22.8 Å². The van der Waals surface area contributed by atoms with Crippen LogP contribution in [0.5, 0.6) is 0 Å². The van der Waals surface area contributed by atoms with Gasteiger partial charge in [-0.3, -0.25) is 4.79 Å². The molecule has 3 aromatic rings. The number of aromatic nitrogens is 4. The number of anilines is 1. The number of aliphatic hydroxyl groups is 2. The predicted molar refractivity (Wildman–Crippen MR) is 112 cm³/mol. The number of nitrogens with one attached hydrogen (secondary N) is 1. The van der Waals surface area contributed by atoms with E-state index in [1.807, 2.05) is 31.2 Å². The minimum atomic E-state index is -1.11. The van der Waals surface area contributed by atoms with E-state index in [2.05, 4.69) is 32.1 Å². The van der Waals surface area contributed by atoms with Crippen LogP contribution in [0, 0.1) is 24.7 Å². The van der Waals surface area contributed by atoms with Gasteiger partial charge in [-0.25, -0.2) is 15.0 Å². The maximum Gasteiger partial charge on any atom is 0.209 e. The average Bonchev–Trinajstić information content (AvgIpc) is 3.27.